The van der Waals surface area contributed by atoms with Crippen LogP contribution in [-0.4, -0.2) is 11.5 Å². The zero-order valence-electron chi connectivity index (χ0n) is 10.6. The summed E-state index contributed by atoms with van der Waals surface area (Å²) in [4.78, 5) is 6.34. The molecule has 19 heavy (non-hydrogen) atoms. The van der Waals surface area contributed by atoms with Gasteiger partial charge in [0.25, 0.3) is 0 Å². The van der Waals surface area contributed by atoms with Crippen molar-refractivity contribution in [2.24, 2.45) is 0 Å². The van der Waals surface area contributed by atoms with Gasteiger partial charge in [-0.1, -0.05) is 53.5 Å². The summed E-state index contributed by atoms with van der Waals surface area (Å²) >= 11 is 12.1. The average molecular weight is 296 g/mol. The van der Waals surface area contributed by atoms with E-state index in [1.165, 1.54) is 5.56 Å². The van der Waals surface area contributed by atoms with Crippen LogP contribution in [0.4, 0.5) is 11.6 Å². The lowest BCUT2D eigenvalue weighted by atomic mass is 10.2. The topological polar surface area (TPSA) is 42.2 Å². The molecule has 1 aromatic carbocycles. The van der Waals surface area contributed by atoms with Crippen molar-refractivity contribution in [1.29, 1.82) is 0 Å². The number of pyridine rings is 1. The molecule has 2 rings (SSSR count). The molecule has 100 valence electrons. The monoisotopic (exact) mass is 295 g/mol. The van der Waals surface area contributed by atoms with Crippen LogP contribution < -0.4 is 10.6 Å². The quantitative estimate of drug-likeness (QED) is 0.927. The summed E-state index contributed by atoms with van der Waals surface area (Å²) in [6.45, 7) is 3.56. The second-order valence-corrected chi connectivity index (χ2v) is 4.98. The number of hydrogen-bond donors (Lipinski definition) is 1. The molecular weight excluding hydrogens is 281 g/mol. The molecular formula is C14H15Cl2N3. The third-order valence-electron chi connectivity index (χ3n) is 2.84. The van der Waals surface area contributed by atoms with E-state index in [4.69, 9.17) is 28.9 Å². The molecule has 3 nitrogen and oxygen atoms in total. The van der Waals surface area contributed by atoms with E-state index in [9.17, 15) is 0 Å². The standard InChI is InChI=1S/C14H15Cl2N3/c1-2-19(9-10-6-4-3-5-7-10)14-12(16)8-11(15)13(17)18-14/h3-8H,2,9H2,1H3,(H2,17,18). The fourth-order valence-electron chi connectivity index (χ4n) is 1.83. The number of benzene rings is 1. The summed E-state index contributed by atoms with van der Waals surface area (Å²) in [7, 11) is 0. The van der Waals surface area contributed by atoms with Gasteiger partial charge in [-0.05, 0) is 18.6 Å². The van der Waals surface area contributed by atoms with Gasteiger partial charge in [-0.25, -0.2) is 4.98 Å². The van der Waals surface area contributed by atoms with Crippen LogP contribution in [0.5, 0.6) is 0 Å². The molecule has 0 saturated heterocycles. The van der Waals surface area contributed by atoms with Gasteiger partial charge in [-0.3, -0.25) is 0 Å². The van der Waals surface area contributed by atoms with Crippen molar-refractivity contribution in [1.82, 2.24) is 4.98 Å². The molecule has 1 heterocycles. The smallest absolute Gasteiger partial charge is 0.150 e. The van der Waals surface area contributed by atoms with Crippen LogP contribution in [0.2, 0.25) is 10.0 Å². The highest BCUT2D eigenvalue weighted by atomic mass is 35.5. The van der Waals surface area contributed by atoms with Gasteiger partial charge < -0.3 is 10.6 Å². The molecule has 1 aromatic heterocycles. The number of nitrogens with two attached hydrogens (primary N) is 1. The first-order valence-electron chi connectivity index (χ1n) is 6.02. The molecule has 0 amide bonds. The Hall–Kier alpha value is -1.45. The van der Waals surface area contributed by atoms with Crippen molar-refractivity contribution in [2.45, 2.75) is 13.5 Å². The largest absolute Gasteiger partial charge is 0.382 e. The first-order valence-corrected chi connectivity index (χ1v) is 6.77. The van der Waals surface area contributed by atoms with Gasteiger partial charge in [0.1, 0.15) is 11.6 Å². The van der Waals surface area contributed by atoms with Crippen molar-refractivity contribution in [3.63, 3.8) is 0 Å². The van der Waals surface area contributed by atoms with Crippen LogP contribution in [0, 0.1) is 0 Å². The van der Waals surface area contributed by atoms with Gasteiger partial charge in [0, 0.05) is 13.1 Å². The zero-order chi connectivity index (χ0) is 13.8. The van der Waals surface area contributed by atoms with Gasteiger partial charge in [-0.15, -0.1) is 0 Å². The third kappa shape index (κ3) is 3.31. The average Bonchev–Trinajstić information content (AvgIpc) is 2.42. The van der Waals surface area contributed by atoms with Gasteiger partial charge >= 0.3 is 0 Å². The van der Waals surface area contributed by atoms with Crippen molar-refractivity contribution in [3.05, 3.63) is 52.0 Å². The van der Waals surface area contributed by atoms with E-state index in [-0.39, 0.29) is 0 Å². The number of aromatic nitrogens is 1. The lowest BCUT2D eigenvalue weighted by Crippen LogP contribution is -2.23. The predicted molar refractivity (Wildman–Crippen MR) is 81.8 cm³/mol. The highest BCUT2D eigenvalue weighted by Crippen LogP contribution is 2.30. The van der Waals surface area contributed by atoms with Gasteiger partial charge in [0.05, 0.1) is 10.0 Å². The minimum absolute atomic E-state index is 0.299. The molecule has 0 fully saturated rings. The number of nitrogens with zero attached hydrogens (tertiary/aromatic N) is 2. The normalized spacial score (nSPS) is 10.5. The maximum Gasteiger partial charge on any atom is 0.150 e. The van der Waals surface area contributed by atoms with E-state index in [1.54, 1.807) is 6.07 Å². The van der Waals surface area contributed by atoms with Crippen LogP contribution in [0.15, 0.2) is 36.4 Å². The van der Waals surface area contributed by atoms with Crippen molar-refractivity contribution < 1.29 is 0 Å². The molecule has 0 saturated carbocycles. The Kier molecular flexibility index (Phi) is 4.51. The molecule has 0 aliphatic carbocycles. The number of nitrogen functional groups attached to an aromatic ring is 1. The molecule has 5 heteroatoms. The van der Waals surface area contributed by atoms with Crippen LogP contribution in [0.1, 0.15) is 12.5 Å². The number of anilines is 2. The van der Waals surface area contributed by atoms with Gasteiger partial charge in [-0.2, -0.15) is 0 Å². The fraction of sp³-hybridized carbons (Fsp3) is 0.214. The molecule has 0 bridgehead atoms. The molecule has 0 aliphatic rings. The van der Waals surface area contributed by atoms with Crippen molar-refractivity contribution in [2.75, 3.05) is 17.2 Å². The number of halogens is 2. The molecule has 2 N–H and O–H groups in total. The van der Waals surface area contributed by atoms with E-state index < -0.39 is 0 Å². The molecule has 0 unspecified atom stereocenters. The SMILES string of the molecule is CCN(Cc1ccccc1)c1nc(N)c(Cl)cc1Cl. The lowest BCUT2D eigenvalue weighted by molar-refractivity contribution is 0.815. The molecule has 0 aliphatic heterocycles. The summed E-state index contributed by atoms with van der Waals surface area (Å²) in [6.07, 6.45) is 0. The Morgan fingerprint density at radius 3 is 2.47 bits per heavy atom. The third-order valence-corrected chi connectivity index (χ3v) is 3.42. The number of rotatable bonds is 4. The minimum Gasteiger partial charge on any atom is -0.382 e. The number of hydrogen-bond acceptors (Lipinski definition) is 3. The first kappa shape index (κ1) is 14.0. The van der Waals surface area contributed by atoms with E-state index in [0.29, 0.717) is 21.7 Å². The van der Waals surface area contributed by atoms with E-state index in [0.717, 1.165) is 13.1 Å². The second kappa shape index (κ2) is 6.13. The van der Waals surface area contributed by atoms with Crippen LogP contribution in [-0.2, 0) is 6.54 Å². The predicted octanol–water partition coefficient (Wildman–Crippen LogP) is 4.00. The molecule has 0 radical (unpaired) electrons. The van der Waals surface area contributed by atoms with Crippen molar-refractivity contribution in [3.8, 4) is 0 Å². The molecule has 2 aromatic rings. The summed E-state index contributed by atoms with van der Waals surface area (Å²) in [5, 5.41) is 0.890. The highest BCUT2D eigenvalue weighted by Gasteiger charge is 2.13. The Balaban J connectivity index is 2.30. The zero-order valence-corrected chi connectivity index (χ0v) is 12.1. The Bertz CT molecular complexity index is 558. The Morgan fingerprint density at radius 2 is 1.84 bits per heavy atom. The lowest BCUT2D eigenvalue weighted by Gasteiger charge is -2.23. The molecule has 0 spiro atoms. The van der Waals surface area contributed by atoms with Gasteiger partial charge in [0.2, 0.25) is 0 Å². The van der Waals surface area contributed by atoms with Gasteiger partial charge in [0.15, 0.2) is 0 Å². The second-order valence-electron chi connectivity index (χ2n) is 4.16. The van der Waals surface area contributed by atoms with Crippen LogP contribution in [0.3, 0.4) is 0 Å². The Labute approximate surface area is 123 Å². The van der Waals surface area contributed by atoms with E-state index in [2.05, 4.69) is 22.0 Å². The van der Waals surface area contributed by atoms with E-state index in [1.807, 2.05) is 25.1 Å². The van der Waals surface area contributed by atoms with E-state index >= 15 is 0 Å². The summed E-state index contributed by atoms with van der Waals surface area (Å²) in [5.74, 6) is 0.961. The van der Waals surface area contributed by atoms with Crippen molar-refractivity contribution >= 4 is 34.8 Å². The minimum atomic E-state index is 0.299. The van der Waals surface area contributed by atoms with Crippen LogP contribution >= 0.6 is 23.2 Å². The molecule has 0 atom stereocenters. The first-order chi connectivity index (χ1) is 9.11. The maximum atomic E-state index is 6.20. The summed E-state index contributed by atoms with van der Waals surface area (Å²) < 4.78 is 0. The Morgan fingerprint density at radius 1 is 1.16 bits per heavy atom. The maximum absolute atomic E-state index is 6.20. The highest BCUT2D eigenvalue weighted by molar-refractivity contribution is 6.37. The summed E-state index contributed by atoms with van der Waals surface area (Å²) in [6, 6.07) is 11.8. The fourth-order valence-corrected chi connectivity index (χ4v) is 2.31. The summed E-state index contributed by atoms with van der Waals surface area (Å²) in [5.41, 5.74) is 6.94. The van der Waals surface area contributed by atoms with Crippen LogP contribution in [0.25, 0.3) is 0 Å².